The quantitative estimate of drug-likeness (QED) is 0.856. The van der Waals surface area contributed by atoms with E-state index < -0.39 is 11.9 Å². The normalized spacial score (nSPS) is 10.1. The van der Waals surface area contributed by atoms with Crippen LogP contribution in [0.4, 0.5) is 20.6 Å². The van der Waals surface area contributed by atoms with Crippen molar-refractivity contribution < 1.29 is 14.0 Å². The molecule has 114 valence electrons. The summed E-state index contributed by atoms with van der Waals surface area (Å²) >= 11 is 0. The number of imide groups is 1. The van der Waals surface area contributed by atoms with E-state index in [1.165, 1.54) is 19.1 Å². The number of nitrogen functional groups attached to an aromatic ring is 1. The summed E-state index contributed by atoms with van der Waals surface area (Å²) in [6.45, 7) is 1.49. The molecule has 0 fully saturated rings. The van der Waals surface area contributed by atoms with E-state index in [4.69, 9.17) is 5.73 Å². The van der Waals surface area contributed by atoms with Crippen LogP contribution in [0.3, 0.4) is 0 Å². The van der Waals surface area contributed by atoms with Gasteiger partial charge in [0.2, 0.25) is 5.91 Å². The Kier molecular flexibility index (Phi) is 4.73. The van der Waals surface area contributed by atoms with Crippen molar-refractivity contribution >= 4 is 23.3 Å². The Labute approximate surface area is 127 Å². The number of carbonyl (C=O) groups excluding carboxylic acids is 2. The fourth-order valence-electron chi connectivity index (χ4n) is 1.92. The number of anilines is 2. The Balaban J connectivity index is 2.08. The lowest BCUT2D eigenvalue weighted by Crippen LogP contribution is -2.42. The minimum absolute atomic E-state index is 0.192. The summed E-state index contributed by atoms with van der Waals surface area (Å²) in [5.41, 5.74) is 7.29. The van der Waals surface area contributed by atoms with E-state index >= 15 is 0 Å². The van der Waals surface area contributed by atoms with Gasteiger partial charge in [0.15, 0.2) is 0 Å². The summed E-state index contributed by atoms with van der Waals surface area (Å²) in [6, 6.07) is 11.6. The highest BCUT2D eigenvalue weighted by Gasteiger charge is 2.19. The summed E-state index contributed by atoms with van der Waals surface area (Å²) < 4.78 is 12.8. The smallest absolute Gasteiger partial charge is 0.329 e. The first-order valence-corrected chi connectivity index (χ1v) is 6.66. The fraction of sp³-hybridized carbons (Fsp3) is 0.125. The van der Waals surface area contributed by atoms with Crippen molar-refractivity contribution in [3.63, 3.8) is 0 Å². The lowest BCUT2D eigenvalue weighted by Gasteiger charge is -2.20. The van der Waals surface area contributed by atoms with Gasteiger partial charge in [0.05, 0.1) is 5.69 Å². The summed E-state index contributed by atoms with van der Waals surface area (Å²) in [6.07, 6.45) is 0. The topological polar surface area (TPSA) is 75.4 Å². The van der Waals surface area contributed by atoms with Crippen molar-refractivity contribution in [3.05, 3.63) is 59.9 Å². The zero-order chi connectivity index (χ0) is 16.1. The highest BCUT2D eigenvalue weighted by molar-refractivity contribution is 6.13. The molecule has 0 aliphatic rings. The minimum Gasteiger partial charge on any atom is -0.399 e. The van der Waals surface area contributed by atoms with Gasteiger partial charge in [-0.15, -0.1) is 0 Å². The lowest BCUT2D eigenvalue weighted by molar-refractivity contribution is -0.115. The third-order valence-electron chi connectivity index (χ3n) is 3.03. The van der Waals surface area contributed by atoms with Gasteiger partial charge < -0.3 is 11.1 Å². The number of nitrogens with zero attached hydrogens (tertiary/aromatic N) is 1. The number of carbonyl (C=O) groups is 2. The SMILES string of the molecule is CC(=O)N(C(=O)NCc1ccc(F)cc1)c1ccc(N)cc1. The van der Waals surface area contributed by atoms with Crippen molar-refractivity contribution in [1.82, 2.24) is 5.32 Å². The Bertz CT molecular complexity index is 669. The predicted octanol–water partition coefficient (Wildman–Crippen LogP) is 2.67. The van der Waals surface area contributed by atoms with Crippen LogP contribution < -0.4 is 16.0 Å². The van der Waals surface area contributed by atoms with Gasteiger partial charge in [0.25, 0.3) is 0 Å². The second kappa shape index (κ2) is 6.71. The maximum Gasteiger partial charge on any atom is 0.329 e. The first kappa shape index (κ1) is 15.5. The fourth-order valence-corrected chi connectivity index (χ4v) is 1.92. The van der Waals surface area contributed by atoms with Crippen molar-refractivity contribution in [2.24, 2.45) is 0 Å². The molecule has 3 N–H and O–H groups in total. The molecule has 0 atom stereocenters. The molecule has 0 saturated heterocycles. The Morgan fingerprint density at radius 2 is 1.68 bits per heavy atom. The van der Waals surface area contributed by atoms with E-state index in [9.17, 15) is 14.0 Å². The van der Waals surface area contributed by atoms with Crippen molar-refractivity contribution in [3.8, 4) is 0 Å². The molecule has 0 radical (unpaired) electrons. The van der Waals surface area contributed by atoms with Gasteiger partial charge in [-0.3, -0.25) is 4.79 Å². The summed E-state index contributed by atoms with van der Waals surface area (Å²) in [7, 11) is 0. The first-order chi connectivity index (χ1) is 10.5. The highest BCUT2D eigenvalue weighted by atomic mass is 19.1. The minimum atomic E-state index is -0.554. The molecule has 0 aliphatic heterocycles. The average molecular weight is 301 g/mol. The highest BCUT2D eigenvalue weighted by Crippen LogP contribution is 2.17. The number of hydrogen-bond donors (Lipinski definition) is 2. The van der Waals surface area contributed by atoms with E-state index in [-0.39, 0.29) is 12.4 Å². The van der Waals surface area contributed by atoms with Gasteiger partial charge in [-0.25, -0.2) is 14.1 Å². The van der Waals surface area contributed by atoms with Crippen LogP contribution in [-0.4, -0.2) is 11.9 Å². The number of rotatable bonds is 3. The van der Waals surface area contributed by atoms with E-state index in [1.54, 1.807) is 36.4 Å². The van der Waals surface area contributed by atoms with Crippen LogP contribution in [0.2, 0.25) is 0 Å². The monoisotopic (exact) mass is 301 g/mol. The molecule has 22 heavy (non-hydrogen) atoms. The molecule has 0 spiro atoms. The Morgan fingerprint density at radius 1 is 1.09 bits per heavy atom. The third-order valence-corrected chi connectivity index (χ3v) is 3.03. The lowest BCUT2D eigenvalue weighted by atomic mass is 10.2. The van der Waals surface area contributed by atoms with Crippen molar-refractivity contribution in [2.75, 3.05) is 10.6 Å². The van der Waals surface area contributed by atoms with Crippen molar-refractivity contribution in [2.45, 2.75) is 13.5 Å². The second-order valence-electron chi connectivity index (χ2n) is 4.73. The standard InChI is InChI=1S/C16H16FN3O2/c1-11(21)20(15-8-6-14(18)7-9-15)16(22)19-10-12-2-4-13(17)5-3-12/h2-9H,10,18H2,1H3,(H,19,22). The number of benzene rings is 2. The van der Waals surface area contributed by atoms with E-state index in [1.807, 2.05) is 0 Å². The van der Waals surface area contributed by atoms with Gasteiger partial charge in [0.1, 0.15) is 5.82 Å². The molecule has 2 aromatic carbocycles. The molecule has 0 aliphatic carbocycles. The third kappa shape index (κ3) is 3.82. The first-order valence-electron chi connectivity index (χ1n) is 6.66. The molecule has 0 saturated carbocycles. The van der Waals surface area contributed by atoms with E-state index in [0.29, 0.717) is 11.4 Å². The number of halogens is 1. The van der Waals surface area contributed by atoms with Crippen LogP contribution in [0.1, 0.15) is 12.5 Å². The number of hydrogen-bond acceptors (Lipinski definition) is 3. The molecule has 0 heterocycles. The predicted molar refractivity (Wildman–Crippen MR) is 82.7 cm³/mol. The molecule has 0 bridgehead atoms. The van der Waals surface area contributed by atoms with Crippen LogP contribution in [0, 0.1) is 5.82 Å². The van der Waals surface area contributed by atoms with Gasteiger partial charge in [0, 0.05) is 19.2 Å². The molecule has 6 heteroatoms. The number of nitrogens with one attached hydrogen (secondary N) is 1. The van der Waals surface area contributed by atoms with Gasteiger partial charge in [-0.05, 0) is 42.0 Å². The van der Waals surface area contributed by atoms with Crippen LogP contribution in [-0.2, 0) is 11.3 Å². The maximum atomic E-state index is 12.8. The molecule has 0 aromatic heterocycles. The van der Waals surface area contributed by atoms with E-state index in [0.717, 1.165) is 10.5 Å². The Morgan fingerprint density at radius 3 is 2.23 bits per heavy atom. The van der Waals surface area contributed by atoms with E-state index in [2.05, 4.69) is 5.32 Å². The summed E-state index contributed by atoms with van der Waals surface area (Å²) in [5, 5.41) is 2.63. The maximum absolute atomic E-state index is 12.8. The summed E-state index contributed by atoms with van der Waals surface area (Å²) in [4.78, 5) is 24.9. The number of urea groups is 1. The van der Waals surface area contributed by atoms with Crippen LogP contribution in [0.5, 0.6) is 0 Å². The average Bonchev–Trinajstić information content (AvgIpc) is 2.48. The molecule has 0 unspecified atom stereocenters. The molecule has 3 amide bonds. The largest absolute Gasteiger partial charge is 0.399 e. The molecule has 5 nitrogen and oxygen atoms in total. The molecule has 2 rings (SSSR count). The van der Waals surface area contributed by atoms with Crippen molar-refractivity contribution in [1.29, 1.82) is 0 Å². The van der Waals surface area contributed by atoms with Crippen LogP contribution in [0.15, 0.2) is 48.5 Å². The van der Waals surface area contributed by atoms with Gasteiger partial charge in [-0.2, -0.15) is 0 Å². The Hall–Kier alpha value is -2.89. The van der Waals surface area contributed by atoms with Crippen LogP contribution in [0.25, 0.3) is 0 Å². The second-order valence-corrected chi connectivity index (χ2v) is 4.73. The number of amides is 3. The zero-order valence-corrected chi connectivity index (χ0v) is 12.0. The molecule has 2 aromatic rings. The zero-order valence-electron chi connectivity index (χ0n) is 12.0. The number of nitrogens with two attached hydrogens (primary N) is 1. The summed E-state index contributed by atoms with van der Waals surface area (Å²) in [5.74, 6) is -0.760. The van der Waals surface area contributed by atoms with Crippen LogP contribution >= 0.6 is 0 Å². The molecular weight excluding hydrogens is 285 g/mol. The van der Waals surface area contributed by atoms with Gasteiger partial charge in [-0.1, -0.05) is 12.1 Å². The molecular formula is C16H16FN3O2. The van der Waals surface area contributed by atoms with Gasteiger partial charge >= 0.3 is 6.03 Å².